The molecule has 0 aliphatic heterocycles. The Morgan fingerprint density at radius 2 is 1.65 bits per heavy atom. The van der Waals surface area contributed by atoms with Crippen LogP contribution in [0.2, 0.25) is 0 Å². The van der Waals surface area contributed by atoms with Crippen LogP contribution in [0.15, 0.2) is 18.2 Å². The topological polar surface area (TPSA) is 15.3 Å². The van der Waals surface area contributed by atoms with Crippen molar-refractivity contribution < 1.29 is 0 Å². The molecule has 1 aromatic carbocycles. The molecule has 0 amide bonds. The number of rotatable bonds is 7. The molecule has 20 heavy (non-hydrogen) atoms. The fraction of sp³-hybridized carbons (Fsp3) is 0.667. The van der Waals surface area contributed by atoms with Crippen LogP contribution in [0.3, 0.4) is 0 Å². The highest BCUT2D eigenvalue weighted by Gasteiger charge is 2.38. The predicted molar refractivity (Wildman–Crippen MR) is 89.3 cm³/mol. The molecule has 0 fully saturated rings. The molecule has 0 saturated carbocycles. The minimum Gasteiger partial charge on any atom is -0.309 e. The van der Waals surface area contributed by atoms with Crippen LogP contribution < -0.4 is 5.32 Å². The molecule has 0 aliphatic carbocycles. The zero-order chi connectivity index (χ0) is 15.3. The molecule has 2 heteroatoms. The van der Waals surface area contributed by atoms with Crippen LogP contribution >= 0.6 is 0 Å². The standard InChI is InChI=1S/C18H32N2/c1-8-18(9-2,20(6)7)17(19-10-3)16-12-11-14(4)15(5)13-16/h11-13,17,19H,8-10H2,1-7H3. The molecule has 0 heterocycles. The van der Waals surface area contributed by atoms with Gasteiger partial charge in [-0.2, -0.15) is 0 Å². The van der Waals surface area contributed by atoms with E-state index in [9.17, 15) is 0 Å². The summed E-state index contributed by atoms with van der Waals surface area (Å²) in [6.07, 6.45) is 2.28. The molecular weight excluding hydrogens is 244 g/mol. The second-order valence-corrected chi connectivity index (χ2v) is 6.04. The van der Waals surface area contributed by atoms with Crippen LogP contribution in [0, 0.1) is 13.8 Å². The highest BCUT2D eigenvalue weighted by molar-refractivity contribution is 5.33. The van der Waals surface area contributed by atoms with E-state index in [4.69, 9.17) is 0 Å². The molecule has 0 radical (unpaired) electrons. The predicted octanol–water partition coefficient (Wildman–Crippen LogP) is 4.07. The van der Waals surface area contributed by atoms with E-state index in [2.05, 4.69) is 77.1 Å². The smallest absolute Gasteiger partial charge is 0.0506 e. The van der Waals surface area contributed by atoms with Crippen molar-refractivity contribution in [1.29, 1.82) is 0 Å². The van der Waals surface area contributed by atoms with Crippen LogP contribution in [0.4, 0.5) is 0 Å². The van der Waals surface area contributed by atoms with Gasteiger partial charge in [0, 0.05) is 5.54 Å². The maximum absolute atomic E-state index is 3.73. The SMILES string of the molecule is CCNC(c1ccc(C)c(C)c1)C(CC)(CC)N(C)C. The highest BCUT2D eigenvalue weighted by atomic mass is 15.2. The van der Waals surface area contributed by atoms with E-state index in [0.717, 1.165) is 19.4 Å². The Kier molecular flexibility index (Phi) is 6.22. The summed E-state index contributed by atoms with van der Waals surface area (Å²) in [4.78, 5) is 2.40. The average molecular weight is 276 g/mol. The van der Waals surface area contributed by atoms with Crippen LogP contribution in [-0.4, -0.2) is 31.1 Å². The van der Waals surface area contributed by atoms with Gasteiger partial charge in [-0.1, -0.05) is 39.0 Å². The maximum atomic E-state index is 3.73. The molecule has 1 rings (SSSR count). The fourth-order valence-corrected chi connectivity index (χ4v) is 3.32. The van der Waals surface area contributed by atoms with Crippen molar-refractivity contribution in [3.05, 3.63) is 34.9 Å². The van der Waals surface area contributed by atoms with Crippen molar-refractivity contribution in [2.24, 2.45) is 0 Å². The Morgan fingerprint density at radius 3 is 2.05 bits per heavy atom. The number of aryl methyl sites for hydroxylation is 2. The van der Waals surface area contributed by atoms with Gasteiger partial charge in [-0.05, 0) is 64.0 Å². The summed E-state index contributed by atoms with van der Waals surface area (Å²) in [6.45, 7) is 12.2. The summed E-state index contributed by atoms with van der Waals surface area (Å²) in [5.74, 6) is 0. The third-order valence-corrected chi connectivity index (χ3v) is 4.93. The summed E-state index contributed by atoms with van der Waals surface area (Å²) in [6, 6.07) is 7.27. The summed E-state index contributed by atoms with van der Waals surface area (Å²) in [5, 5.41) is 3.73. The van der Waals surface area contributed by atoms with Gasteiger partial charge in [0.1, 0.15) is 0 Å². The van der Waals surface area contributed by atoms with Gasteiger partial charge in [0.2, 0.25) is 0 Å². The van der Waals surface area contributed by atoms with E-state index >= 15 is 0 Å². The summed E-state index contributed by atoms with van der Waals surface area (Å²) >= 11 is 0. The van der Waals surface area contributed by atoms with Gasteiger partial charge in [0.05, 0.1) is 6.04 Å². The van der Waals surface area contributed by atoms with Gasteiger partial charge in [-0.3, -0.25) is 0 Å². The van der Waals surface area contributed by atoms with Crippen LogP contribution in [0.5, 0.6) is 0 Å². The van der Waals surface area contributed by atoms with Crippen LogP contribution in [0.1, 0.15) is 56.3 Å². The third-order valence-electron chi connectivity index (χ3n) is 4.93. The van der Waals surface area contributed by atoms with Gasteiger partial charge < -0.3 is 10.2 Å². The minimum absolute atomic E-state index is 0.164. The van der Waals surface area contributed by atoms with Crippen molar-refractivity contribution in [2.45, 2.75) is 59.0 Å². The first-order valence-electron chi connectivity index (χ1n) is 7.90. The van der Waals surface area contributed by atoms with E-state index in [0.29, 0.717) is 6.04 Å². The van der Waals surface area contributed by atoms with E-state index in [1.165, 1.54) is 16.7 Å². The monoisotopic (exact) mass is 276 g/mol. The zero-order valence-corrected chi connectivity index (χ0v) is 14.4. The van der Waals surface area contributed by atoms with E-state index in [1.54, 1.807) is 0 Å². The lowest BCUT2D eigenvalue weighted by molar-refractivity contribution is 0.0889. The van der Waals surface area contributed by atoms with Crippen molar-refractivity contribution in [1.82, 2.24) is 10.2 Å². The Labute approximate surface area is 125 Å². The summed E-state index contributed by atoms with van der Waals surface area (Å²) < 4.78 is 0. The molecule has 0 aromatic heterocycles. The van der Waals surface area contributed by atoms with Crippen molar-refractivity contribution in [2.75, 3.05) is 20.6 Å². The zero-order valence-electron chi connectivity index (χ0n) is 14.4. The molecule has 2 nitrogen and oxygen atoms in total. The van der Waals surface area contributed by atoms with Gasteiger partial charge in [0.25, 0.3) is 0 Å². The Bertz CT molecular complexity index is 419. The van der Waals surface area contributed by atoms with Crippen LogP contribution in [-0.2, 0) is 0 Å². The average Bonchev–Trinajstić information content (AvgIpc) is 2.42. The lowest BCUT2D eigenvalue weighted by Gasteiger charge is -2.46. The number of hydrogen-bond acceptors (Lipinski definition) is 2. The quantitative estimate of drug-likeness (QED) is 0.807. The lowest BCUT2D eigenvalue weighted by atomic mass is 9.79. The molecule has 1 aromatic rings. The molecule has 1 N–H and O–H groups in total. The number of likely N-dealkylation sites (N-methyl/N-ethyl adjacent to an activating group) is 2. The Hall–Kier alpha value is -0.860. The Balaban J connectivity index is 3.30. The van der Waals surface area contributed by atoms with E-state index < -0.39 is 0 Å². The minimum atomic E-state index is 0.164. The first-order valence-corrected chi connectivity index (χ1v) is 7.90. The van der Waals surface area contributed by atoms with Gasteiger partial charge in [-0.25, -0.2) is 0 Å². The Morgan fingerprint density at radius 1 is 1.05 bits per heavy atom. The molecular formula is C18H32N2. The molecule has 0 aliphatic rings. The third kappa shape index (κ3) is 3.24. The van der Waals surface area contributed by atoms with E-state index in [-0.39, 0.29) is 5.54 Å². The second-order valence-electron chi connectivity index (χ2n) is 6.04. The largest absolute Gasteiger partial charge is 0.309 e. The lowest BCUT2D eigenvalue weighted by Crippen LogP contribution is -2.53. The first kappa shape index (κ1) is 17.2. The number of hydrogen-bond donors (Lipinski definition) is 1. The molecule has 0 saturated heterocycles. The van der Waals surface area contributed by atoms with E-state index in [1.807, 2.05) is 0 Å². The first-order chi connectivity index (χ1) is 9.42. The van der Waals surface area contributed by atoms with Gasteiger partial charge in [-0.15, -0.1) is 0 Å². The molecule has 0 bridgehead atoms. The number of benzene rings is 1. The number of nitrogens with zero attached hydrogens (tertiary/aromatic N) is 1. The molecule has 0 spiro atoms. The van der Waals surface area contributed by atoms with Crippen LogP contribution in [0.25, 0.3) is 0 Å². The number of nitrogens with one attached hydrogen (secondary N) is 1. The van der Waals surface area contributed by atoms with Crippen molar-refractivity contribution in [3.8, 4) is 0 Å². The fourth-order valence-electron chi connectivity index (χ4n) is 3.32. The molecule has 1 atom stereocenters. The summed E-state index contributed by atoms with van der Waals surface area (Å²) in [7, 11) is 4.41. The summed E-state index contributed by atoms with van der Waals surface area (Å²) in [5.41, 5.74) is 4.32. The molecule has 114 valence electrons. The van der Waals surface area contributed by atoms with Crippen molar-refractivity contribution >= 4 is 0 Å². The normalized spacial score (nSPS) is 13.8. The van der Waals surface area contributed by atoms with Crippen molar-refractivity contribution in [3.63, 3.8) is 0 Å². The molecule has 1 unspecified atom stereocenters. The van der Waals surface area contributed by atoms with Gasteiger partial charge >= 0.3 is 0 Å². The second kappa shape index (κ2) is 7.24. The maximum Gasteiger partial charge on any atom is 0.0506 e. The highest BCUT2D eigenvalue weighted by Crippen LogP contribution is 2.36. The van der Waals surface area contributed by atoms with Gasteiger partial charge in [0.15, 0.2) is 0 Å².